The summed E-state index contributed by atoms with van der Waals surface area (Å²) < 4.78 is 65.1. The van der Waals surface area contributed by atoms with E-state index in [-0.39, 0.29) is 11.4 Å². The van der Waals surface area contributed by atoms with Crippen molar-refractivity contribution in [3.63, 3.8) is 0 Å². The van der Waals surface area contributed by atoms with Crippen molar-refractivity contribution in [2.45, 2.75) is 6.18 Å². The summed E-state index contributed by atoms with van der Waals surface area (Å²) in [5.41, 5.74) is -0.0600. The number of nitrogens with zero attached hydrogens (tertiary/aromatic N) is 1. The van der Waals surface area contributed by atoms with E-state index < -0.39 is 29.1 Å². The van der Waals surface area contributed by atoms with Crippen LogP contribution in [0.1, 0.15) is 5.56 Å². The third kappa shape index (κ3) is 3.58. The van der Waals surface area contributed by atoms with Gasteiger partial charge in [0.15, 0.2) is 17.4 Å². The molecule has 0 atom stereocenters. The first-order chi connectivity index (χ1) is 12.3. The number of nitrogens with one attached hydrogen (secondary N) is 1. The molecule has 3 nitrogen and oxygen atoms in total. The van der Waals surface area contributed by atoms with Crippen LogP contribution in [-0.4, -0.2) is 10.1 Å². The van der Waals surface area contributed by atoms with Gasteiger partial charge >= 0.3 is 6.18 Å². The molecule has 2 aromatic carbocycles. The SMILES string of the molecule is Oc1c(F)cc(-c2cccnc2Nc2ccc(C(F)(F)F)cc2)cc1F. The molecule has 0 aliphatic rings. The molecule has 0 spiro atoms. The number of halogens is 5. The van der Waals surface area contributed by atoms with Crippen LogP contribution in [0.25, 0.3) is 11.1 Å². The summed E-state index contributed by atoms with van der Waals surface area (Å²) in [7, 11) is 0. The molecule has 0 saturated carbocycles. The number of anilines is 2. The number of alkyl halides is 3. The predicted octanol–water partition coefficient (Wildman–Crippen LogP) is 5.49. The number of aromatic hydroxyl groups is 1. The number of hydrogen-bond donors (Lipinski definition) is 2. The van der Waals surface area contributed by atoms with Crippen LogP contribution in [0.2, 0.25) is 0 Å². The van der Waals surface area contributed by atoms with Gasteiger partial charge < -0.3 is 10.4 Å². The Morgan fingerprint density at radius 1 is 0.923 bits per heavy atom. The summed E-state index contributed by atoms with van der Waals surface area (Å²) in [5, 5.41) is 12.0. The highest BCUT2D eigenvalue weighted by Gasteiger charge is 2.30. The van der Waals surface area contributed by atoms with Gasteiger partial charge in [0.2, 0.25) is 0 Å². The molecule has 0 amide bonds. The van der Waals surface area contributed by atoms with Gasteiger partial charge in [0.1, 0.15) is 5.82 Å². The van der Waals surface area contributed by atoms with Crippen LogP contribution >= 0.6 is 0 Å². The van der Waals surface area contributed by atoms with E-state index in [1.165, 1.54) is 30.5 Å². The lowest BCUT2D eigenvalue weighted by Crippen LogP contribution is -2.04. The van der Waals surface area contributed by atoms with E-state index in [9.17, 15) is 27.1 Å². The average molecular weight is 366 g/mol. The van der Waals surface area contributed by atoms with Crippen LogP contribution < -0.4 is 5.32 Å². The third-order valence-electron chi connectivity index (χ3n) is 3.61. The smallest absolute Gasteiger partial charge is 0.416 e. The molecule has 0 bridgehead atoms. The van der Waals surface area contributed by atoms with Crippen molar-refractivity contribution in [1.82, 2.24) is 4.98 Å². The van der Waals surface area contributed by atoms with Crippen molar-refractivity contribution in [2.75, 3.05) is 5.32 Å². The molecule has 2 N–H and O–H groups in total. The Kier molecular flexibility index (Phi) is 4.50. The molecule has 0 aliphatic carbocycles. The van der Waals surface area contributed by atoms with Crippen LogP contribution in [-0.2, 0) is 6.18 Å². The second-order valence-electron chi connectivity index (χ2n) is 5.39. The first-order valence-corrected chi connectivity index (χ1v) is 7.33. The minimum absolute atomic E-state index is 0.111. The molecule has 3 rings (SSSR count). The number of phenolic OH excluding ortho intramolecular Hbond substituents is 1. The fourth-order valence-electron chi connectivity index (χ4n) is 2.34. The van der Waals surface area contributed by atoms with Gasteiger partial charge in [0, 0.05) is 17.4 Å². The van der Waals surface area contributed by atoms with Gasteiger partial charge in [-0.1, -0.05) is 0 Å². The lowest BCUT2D eigenvalue weighted by atomic mass is 10.1. The molecule has 134 valence electrons. The van der Waals surface area contributed by atoms with Crippen LogP contribution in [0, 0.1) is 11.6 Å². The van der Waals surface area contributed by atoms with Gasteiger partial charge in [-0.3, -0.25) is 0 Å². The highest BCUT2D eigenvalue weighted by Crippen LogP contribution is 2.34. The summed E-state index contributed by atoms with van der Waals surface area (Å²) in [5.74, 6) is -3.17. The van der Waals surface area contributed by atoms with Crippen molar-refractivity contribution in [2.24, 2.45) is 0 Å². The maximum Gasteiger partial charge on any atom is 0.416 e. The van der Waals surface area contributed by atoms with Crippen LogP contribution in [0.4, 0.5) is 33.5 Å². The van der Waals surface area contributed by atoms with Crippen molar-refractivity contribution in [3.8, 4) is 16.9 Å². The first-order valence-electron chi connectivity index (χ1n) is 7.33. The molecule has 0 fully saturated rings. The van der Waals surface area contributed by atoms with Gasteiger partial charge in [-0.2, -0.15) is 13.2 Å². The Morgan fingerprint density at radius 2 is 1.54 bits per heavy atom. The molecule has 0 unspecified atom stereocenters. The minimum atomic E-state index is -4.45. The van der Waals surface area contributed by atoms with Gasteiger partial charge in [0.25, 0.3) is 0 Å². The zero-order chi connectivity index (χ0) is 18.9. The fourth-order valence-corrected chi connectivity index (χ4v) is 2.34. The van der Waals surface area contributed by atoms with E-state index in [0.717, 1.165) is 24.3 Å². The Labute approximate surface area is 144 Å². The number of phenols is 1. The summed E-state index contributed by atoms with van der Waals surface area (Å²) in [6.07, 6.45) is -3.03. The standard InChI is InChI=1S/C18H11F5N2O/c19-14-8-10(9-15(20)16(14)26)13-2-1-7-24-17(13)25-12-5-3-11(4-6-12)18(21,22)23/h1-9,26H,(H,24,25). The van der Waals surface area contributed by atoms with E-state index in [0.29, 0.717) is 11.3 Å². The second kappa shape index (κ2) is 6.62. The normalized spacial score (nSPS) is 11.4. The highest BCUT2D eigenvalue weighted by atomic mass is 19.4. The van der Waals surface area contributed by atoms with Crippen LogP contribution in [0.5, 0.6) is 5.75 Å². The minimum Gasteiger partial charge on any atom is -0.503 e. The number of hydrogen-bond acceptors (Lipinski definition) is 3. The largest absolute Gasteiger partial charge is 0.503 e. The molecular formula is C18H11F5N2O. The topological polar surface area (TPSA) is 45.2 Å². The Morgan fingerprint density at radius 3 is 2.12 bits per heavy atom. The van der Waals surface area contributed by atoms with E-state index in [1.54, 1.807) is 0 Å². The van der Waals surface area contributed by atoms with Crippen molar-refractivity contribution >= 4 is 11.5 Å². The average Bonchev–Trinajstić information content (AvgIpc) is 2.59. The van der Waals surface area contributed by atoms with Crippen molar-refractivity contribution < 1.29 is 27.1 Å². The van der Waals surface area contributed by atoms with Crippen molar-refractivity contribution in [3.05, 3.63) is 71.9 Å². The quantitative estimate of drug-likeness (QED) is 0.602. The predicted molar refractivity (Wildman–Crippen MR) is 86.0 cm³/mol. The number of aromatic nitrogens is 1. The molecular weight excluding hydrogens is 355 g/mol. The number of rotatable bonds is 3. The van der Waals surface area contributed by atoms with E-state index in [4.69, 9.17) is 0 Å². The number of pyridine rings is 1. The summed E-state index contributed by atoms with van der Waals surface area (Å²) in [6, 6.07) is 9.20. The third-order valence-corrected chi connectivity index (χ3v) is 3.61. The zero-order valence-electron chi connectivity index (χ0n) is 13.0. The summed E-state index contributed by atoms with van der Waals surface area (Å²) in [6.45, 7) is 0. The highest BCUT2D eigenvalue weighted by molar-refractivity contribution is 5.78. The van der Waals surface area contributed by atoms with Gasteiger partial charge in [-0.05, 0) is 54.1 Å². The lowest BCUT2D eigenvalue weighted by Gasteiger charge is -2.13. The zero-order valence-corrected chi connectivity index (χ0v) is 13.0. The Hall–Kier alpha value is -3.16. The van der Waals surface area contributed by atoms with E-state index in [2.05, 4.69) is 10.3 Å². The molecule has 26 heavy (non-hydrogen) atoms. The summed E-state index contributed by atoms with van der Waals surface area (Å²) >= 11 is 0. The van der Waals surface area contributed by atoms with E-state index in [1.807, 2.05) is 0 Å². The first kappa shape index (κ1) is 17.7. The maximum absolute atomic E-state index is 13.6. The Bertz CT molecular complexity index is 916. The van der Waals surface area contributed by atoms with Gasteiger partial charge in [-0.25, -0.2) is 13.8 Å². The fraction of sp³-hybridized carbons (Fsp3) is 0.0556. The summed E-state index contributed by atoms with van der Waals surface area (Å²) in [4.78, 5) is 4.06. The molecule has 0 radical (unpaired) electrons. The molecule has 3 aromatic rings. The monoisotopic (exact) mass is 366 g/mol. The molecule has 8 heteroatoms. The van der Waals surface area contributed by atoms with E-state index >= 15 is 0 Å². The van der Waals surface area contributed by atoms with Crippen LogP contribution in [0.3, 0.4) is 0 Å². The van der Waals surface area contributed by atoms with Crippen molar-refractivity contribution in [1.29, 1.82) is 0 Å². The number of benzene rings is 2. The maximum atomic E-state index is 13.6. The van der Waals surface area contributed by atoms with Gasteiger partial charge in [0.05, 0.1) is 5.56 Å². The molecule has 1 aromatic heterocycles. The Balaban J connectivity index is 1.96. The van der Waals surface area contributed by atoms with Crippen LogP contribution in [0.15, 0.2) is 54.7 Å². The van der Waals surface area contributed by atoms with Gasteiger partial charge in [-0.15, -0.1) is 0 Å². The molecule has 1 heterocycles. The lowest BCUT2D eigenvalue weighted by molar-refractivity contribution is -0.137. The molecule has 0 aliphatic heterocycles. The molecule has 0 saturated heterocycles. The second-order valence-corrected chi connectivity index (χ2v) is 5.39.